The van der Waals surface area contributed by atoms with Crippen molar-refractivity contribution in [2.24, 2.45) is 0 Å². The molecule has 166 valence electrons. The topological polar surface area (TPSA) is 73.8 Å². The van der Waals surface area contributed by atoms with Crippen LogP contribution in [0, 0.1) is 10.1 Å². The number of alkyl halides is 3. The molecule has 0 aliphatic heterocycles. The Morgan fingerprint density at radius 1 is 1.00 bits per heavy atom. The highest BCUT2D eigenvalue weighted by Crippen LogP contribution is 2.35. The van der Waals surface area contributed by atoms with Gasteiger partial charge in [0.25, 0.3) is 5.69 Å². The van der Waals surface area contributed by atoms with Gasteiger partial charge in [0.2, 0.25) is 0 Å². The number of nitro benzene ring substituents is 1. The van der Waals surface area contributed by atoms with E-state index in [-0.39, 0.29) is 11.4 Å². The summed E-state index contributed by atoms with van der Waals surface area (Å²) < 4.78 is 42.6. The second kappa shape index (κ2) is 8.16. The predicted octanol–water partition coefficient (Wildman–Crippen LogP) is 6.85. The molecule has 0 saturated heterocycles. The van der Waals surface area contributed by atoms with Crippen LogP contribution in [0.4, 0.5) is 18.9 Å². The lowest BCUT2D eigenvalue weighted by molar-refractivity contribution is -0.384. The summed E-state index contributed by atoms with van der Waals surface area (Å²) in [6.07, 6.45) is -4.50. The van der Waals surface area contributed by atoms with E-state index >= 15 is 0 Å². The van der Waals surface area contributed by atoms with E-state index in [2.05, 4.69) is 9.97 Å². The largest absolute Gasteiger partial charge is 0.416 e. The fourth-order valence-corrected chi connectivity index (χ4v) is 5.42. The summed E-state index contributed by atoms with van der Waals surface area (Å²) in [6, 6.07) is 16.8. The van der Waals surface area contributed by atoms with Crippen molar-refractivity contribution in [3.63, 3.8) is 0 Å². The minimum atomic E-state index is -4.50. The fraction of sp³-hybridized carbons (Fsp3) is 0.0909. The van der Waals surface area contributed by atoms with Crippen molar-refractivity contribution in [2.45, 2.75) is 17.1 Å². The van der Waals surface area contributed by atoms with Gasteiger partial charge in [-0.2, -0.15) is 13.2 Å². The normalized spacial score (nSPS) is 12.0. The molecule has 0 bridgehead atoms. The monoisotopic (exact) mass is 486 g/mol. The molecule has 3 aromatic carbocycles. The molecule has 33 heavy (non-hydrogen) atoms. The second-order valence-corrected chi connectivity index (χ2v) is 9.13. The number of non-ortho nitro benzene ring substituents is 1. The second-order valence-electron chi connectivity index (χ2n) is 7.07. The van der Waals surface area contributed by atoms with E-state index < -0.39 is 16.7 Å². The van der Waals surface area contributed by atoms with Crippen molar-refractivity contribution in [1.29, 1.82) is 0 Å². The molecule has 0 radical (unpaired) electrons. The minimum Gasteiger partial charge on any atom is -0.287 e. The van der Waals surface area contributed by atoms with Gasteiger partial charge in [-0.05, 0) is 36.4 Å². The fourth-order valence-electron chi connectivity index (χ4n) is 3.44. The summed E-state index contributed by atoms with van der Waals surface area (Å²) >= 11 is 2.84. The van der Waals surface area contributed by atoms with E-state index in [4.69, 9.17) is 0 Å². The summed E-state index contributed by atoms with van der Waals surface area (Å²) in [5.74, 6) is 0.448. The number of hydrogen-bond donors (Lipinski definition) is 0. The molecule has 0 atom stereocenters. The Morgan fingerprint density at radius 2 is 1.82 bits per heavy atom. The first-order chi connectivity index (χ1) is 15.8. The van der Waals surface area contributed by atoms with Crippen molar-refractivity contribution in [2.75, 3.05) is 0 Å². The highest BCUT2D eigenvalue weighted by atomic mass is 32.2. The van der Waals surface area contributed by atoms with Gasteiger partial charge < -0.3 is 0 Å². The maximum absolute atomic E-state index is 13.3. The Labute approximate surface area is 192 Å². The lowest BCUT2D eigenvalue weighted by Crippen LogP contribution is -2.06. The van der Waals surface area contributed by atoms with Gasteiger partial charge >= 0.3 is 6.18 Å². The molecule has 2 aromatic heterocycles. The van der Waals surface area contributed by atoms with Gasteiger partial charge in [0.05, 0.1) is 37.5 Å². The number of thiazole rings is 1. The lowest BCUT2D eigenvalue weighted by atomic mass is 10.2. The van der Waals surface area contributed by atoms with Crippen LogP contribution in [0.15, 0.2) is 71.9 Å². The molecule has 0 spiro atoms. The molecule has 0 fully saturated rings. The SMILES string of the molecule is O=[N+]([O-])c1ccc2c(c1)nc(SCc1nc3ccccc3s1)n2-c1cccc(C(F)(F)F)c1. The summed E-state index contributed by atoms with van der Waals surface area (Å²) in [6.45, 7) is 0. The Hall–Kier alpha value is -3.44. The number of halogens is 3. The average molecular weight is 487 g/mol. The number of thioether (sulfide) groups is 1. The van der Waals surface area contributed by atoms with Crippen molar-refractivity contribution in [1.82, 2.24) is 14.5 Å². The number of aromatic nitrogens is 3. The highest BCUT2D eigenvalue weighted by molar-refractivity contribution is 7.98. The van der Waals surface area contributed by atoms with Crippen LogP contribution in [0.5, 0.6) is 0 Å². The molecule has 5 rings (SSSR count). The van der Waals surface area contributed by atoms with Crippen molar-refractivity contribution in [3.8, 4) is 5.69 Å². The average Bonchev–Trinajstić information content (AvgIpc) is 3.37. The third kappa shape index (κ3) is 4.16. The molecule has 5 aromatic rings. The van der Waals surface area contributed by atoms with Gasteiger partial charge in [0.15, 0.2) is 5.16 Å². The lowest BCUT2D eigenvalue weighted by Gasteiger charge is -2.12. The third-order valence-electron chi connectivity index (χ3n) is 4.91. The van der Waals surface area contributed by atoms with Crippen LogP contribution >= 0.6 is 23.1 Å². The van der Waals surface area contributed by atoms with Gasteiger partial charge in [0.1, 0.15) is 5.01 Å². The Bertz CT molecular complexity index is 1480. The molecule has 0 saturated carbocycles. The van der Waals surface area contributed by atoms with E-state index in [1.54, 1.807) is 10.6 Å². The highest BCUT2D eigenvalue weighted by Gasteiger charge is 2.31. The zero-order chi connectivity index (χ0) is 23.2. The summed E-state index contributed by atoms with van der Waals surface area (Å²) in [5.41, 5.74) is 1.03. The van der Waals surface area contributed by atoms with Crippen LogP contribution in [0.3, 0.4) is 0 Å². The Balaban J connectivity index is 1.59. The molecule has 6 nitrogen and oxygen atoms in total. The number of hydrogen-bond acceptors (Lipinski definition) is 6. The van der Waals surface area contributed by atoms with Gasteiger partial charge in [-0.3, -0.25) is 14.7 Å². The zero-order valence-electron chi connectivity index (χ0n) is 16.6. The number of rotatable bonds is 5. The Kier molecular flexibility index (Phi) is 5.29. The van der Waals surface area contributed by atoms with Crippen LogP contribution in [-0.2, 0) is 11.9 Å². The van der Waals surface area contributed by atoms with Gasteiger partial charge in [-0.15, -0.1) is 11.3 Å². The molecule has 0 aliphatic rings. The van der Waals surface area contributed by atoms with Crippen LogP contribution in [0.2, 0.25) is 0 Å². The van der Waals surface area contributed by atoms with E-state index in [1.807, 2.05) is 24.3 Å². The number of imidazole rings is 1. The van der Waals surface area contributed by atoms with Crippen LogP contribution in [-0.4, -0.2) is 19.5 Å². The number of para-hydroxylation sites is 1. The third-order valence-corrected chi connectivity index (χ3v) is 7.08. The number of benzene rings is 3. The minimum absolute atomic E-state index is 0.140. The smallest absolute Gasteiger partial charge is 0.287 e. The van der Waals surface area contributed by atoms with Gasteiger partial charge in [-0.1, -0.05) is 30.0 Å². The Morgan fingerprint density at radius 3 is 2.58 bits per heavy atom. The number of nitro groups is 1. The molecule has 0 aliphatic carbocycles. The number of nitrogens with zero attached hydrogens (tertiary/aromatic N) is 4. The first-order valence-electron chi connectivity index (χ1n) is 9.61. The molecule has 0 N–H and O–H groups in total. The predicted molar refractivity (Wildman–Crippen MR) is 122 cm³/mol. The van der Waals surface area contributed by atoms with E-state index in [0.29, 0.717) is 21.9 Å². The quantitative estimate of drug-likeness (QED) is 0.154. The van der Waals surface area contributed by atoms with Crippen LogP contribution in [0.25, 0.3) is 26.9 Å². The maximum atomic E-state index is 13.3. The molecule has 0 amide bonds. The molecular weight excluding hydrogens is 473 g/mol. The summed E-state index contributed by atoms with van der Waals surface area (Å²) in [4.78, 5) is 19.8. The standard InChI is InChI=1S/C22H13F3N4O2S2/c23-22(24,25)13-4-3-5-14(10-13)28-18-9-8-15(29(30)31)11-17(18)27-21(28)32-12-20-26-16-6-1-2-7-19(16)33-20/h1-11H,12H2. The molecule has 2 heterocycles. The molecular formula is C22H13F3N4O2S2. The van der Waals surface area contributed by atoms with E-state index in [0.717, 1.165) is 27.4 Å². The number of fused-ring (bicyclic) bond motifs is 2. The zero-order valence-corrected chi connectivity index (χ0v) is 18.2. The first-order valence-corrected chi connectivity index (χ1v) is 11.4. The van der Waals surface area contributed by atoms with Crippen molar-refractivity contribution in [3.05, 3.63) is 87.4 Å². The van der Waals surface area contributed by atoms with E-state index in [1.165, 1.54) is 47.4 Å². The van der Waals surface area contributed by atoms with Crippen LogP contribution in [0.1, 0.15) is 10.6 Å². The van der Waals surface area contributed by atoms with Gasteiger partial charge in [-0.25, -0.2) is 9.97 Å². The van der Waals surface area contributed by atoms with Crippen molar-refractivity contribution >= 4 is 50.0 Å². The van der Waals surface area contributed by atoms with Crippen molar-refractivity contribution < 1.29 is 18.1 Å². The van der Waals surface area contributed by atoms with E-state index in [9.17, 15) is 23.3 Å². The summed E-state index contributed by atoms with van der Waals surface area (Å²) in [5, 5.41) is 12.5. The molecule has 0 unspecified atom stereocenters. The van der Waals surface area contributed by atoms with Gasteiger partial charge in [0, 0.05) is 17.8 Å². The van der Waals surface area contributed by atoms with Crippen LogP contribution < -0.4 is 0 Å². The summed E-state index contributed by atoms with van der Waals surface area (Å²) in [7, 11) is 0. The first kappa shape index (κ1) is 21.4. The molecule has 11 heteroatoms. The maximum Gasteiger partial charge on any atom is 0.416 e.